The Bertz CT molecular complexity index is 671. The van der Waals surface area contributed by atoms with E-state index in [-0.39, 0.29) is 12.6 Å². The fraction of sp³-hybridized carbons (Fsp3) is 0.667. The van der Waals surface area contributed by atoms with Crippen LogP contribution in [0.1, 0.15) is 6.42 Å². The number of ether oxygens (including phenoxy) is 2. The molecule has 2 aliphatic heterocycles. The highest BCUT2D eigenvalue weighted by molar-refractivity contribution is 7.91. The van der Waals surface area contributed by atoms with Crippen molar-refractivity contribution in [2.75, 3.05) is 57.9 Å². The maximum absolute atomic E-state index is 11.6. The van der Waals surface area contributed by atoms with E-state index in [9.17, 15) is 13.5 Å². The quantitative estimate of drug-likeness (QED) is 0.721. The van der Waals surface area contributed by atoms with Crippen molar-refractivity contribution in [2.45, 2.75) is 18.6 Å². The fourth-order valence-corrected chi connectivity index (χ4v) is 5.35. The number of aliphatic hydroxyl groups excluding tert-OH is 1. The maximum Gasteiger partial charge on any atom is 0.151 e. The van der Waals surface area contributed by atoms with Crippen LogP contribution in [0.2, 0.25) is 0 Å². The van der Waals surface area contributed by atoms with Gasteiger partial charge in [0.05, 0.1) is 18.6 Å². The van der Waals surface area contributed by atoms with Gasteiger partial charge in [-0.3, -0.25) is 9.80 Å². The Labute approximate surface area is 155 Å². The average Bonchev–Trinajstić information content (AvgIpc) is 3.01. The van der Waals surface area contributed by atoms with E-state index < -0.39 is 15.9 Å². The zero-order chi connectivity index (χ0) is 18.6. The molecule has 1 aromatic rings. The summed E-state index contributed by atoms with van der Waals surface area (Å²) in [5.74, 6) is 2.09. The first-order valence-electron chi connectivity index (χ1n) is 9.07. The molecular weight excluding hydrogens is 356 g/mol. The van der Waals surface area contributed by atoms with Crippen molar-refractivity contribution in [1.82, 2.24) is 9.80 Å². The van der Waals surface area contributed by atoms with E-state index in [0.29, 0.717) is 23.8 Å². The Balaban J connectivity index is 1.37. The van der Waals surface area contributed by atoms with E-state index in [4.69, 9.17) is 9.47 Å². The van der Waals surface area contributed by atoms with E-state index in [1.165, 1.54) is 0 Å². The van der Waals surface area contributed by atoms with Crippen LogP contribution in [0.4, 0.5) is 0 Å². The summed E-state index contributed by atoms with van der Waals surface area (Å²) in [6.45, 7) is 4.20. The van der Waals surface area contributed by atoms with Crippen molar-refractivity contribution in [3.05, 3.63) is 24.3 Å². The number of β-amino-alcohol motifs (C(OH)–C–C–N with tert-alkyl or cyclic N) is 1. The summed E-state index contributed by atoms with van der Waals surface area (Å²) in [5.41, 5.74) is 0. The second-order valence-corrected chi connectivity index (χ2v) is 9.26. The lowest BCUT2D eigenvalue weighted by atomic mass is 10.2. The van der Waals surface area contributed by atoms with Gasteiger partial charge < -0.3 is 14.6 Å². The maximum atomic E-state index is 11.6. The van der Waals surface area contributed by atoms with Crippen molar-refractivity contribution in [1.29, 1.82) is 0 Å². The predicted octanol–water partition coefficient (Wildman–Crippen LogP) is 0.240. The minimum Gasteiger partial charge on any atom is -0.497 e. The summed E-state index contributed by atoms with van der Waals surface area (Å²) < 4.78 is 34.0. The number of nitrogens with zero attached hydrogens (tertiary/aromatic N) is 2. The summed E-state index contributed by atoms with van der Waals surface area (Å²) in [6, 6.07) is 7.46. The predicted molar refractivity (Wildman–Crippen MR) is 99.6 cm³/mol. The van der Waals surface area contributed by atoms with Gasteiger partial charge >= 0.3 is 0 Å². The second-order valence-electron chi connectivity index (χ2n) is 7.03. The van der Waals surface area contributed by atoms with Crippen LogP contribution in [-0.4, -0.2) is 93.4 Å². The van der Waals surface area contributed by atoms with Gasteiger partial charge in [-0.25, -0.2) is 8.42 Å². The molecule has 8 heteroatoms. The van der Waals surface area contributed by atoms with E-state index in [1.54, 1.807) is 7.11 Å². The number of rotatable bonds is 7. The number of piperazine rings is 1. The Morgan fingerprint density at radius 3 is 2.38 bits per heavy atom. The highest BCUT2D eigenvalue weighted by Gasteiger charge is 2.33. The van der Waals surface area contributed by atoms with Gasteiger partial charge in [0.25, 0.3) is 0 Å². The van der Waals surface area contributed by atoms with Crippen LogP contribution >= 0.6 is 0 Å². The number of hydrogen-bond acceptors (Lipinski definition) is 7. The number of benzene rings is 1. The summed E-state index contributed by atoms with van der Waals surface area (Å²) in [5, 5.41) is 10.2. The molecule has 2 fully saturated rings. The van der Waals surface area contributed by atoms with Crippen molar-refractivity contribution < 1.29 is 23.0 Å². The van der Waals surface area contributed by atoms with Gasteiger partial charge in [0.2, 0.25) is 0 Å². The van der Waals surface area contributed by atoms with Crippen LogP contribution in [-0.2, 0) is 9.84 Å². The van der Waals surface area contributed by atoms with Crippen LogP contribution in [0, 0.1) is 0 Å². The smallest absolute Gasteiger partial charge is 0.151 e. The molecule has 0 saturated carbocycles. The molecule has 2 aliphatic rings. The van der Waals surface area contributed by atoms with Crippen LogP contribution in [0.3, 0.4) is 0 Å². The van der Waals surface area contributed by atoms with Gasteiger partial charge in [0, 0.05) is 38.8 Å². The molecule has 146 valence electrons. The molecular formula is C18H28N2O5S. The van der Waals surface area contributed by atoms with E-state index >= 15 is 0 Å². The normalized spacial score (nSPS) is 25.1. The zero-order valence-corrected chi connectivity index (χ0v) is 16.0. The largest absolute Gasteiger partial charge is 0.497 e. The van der Waals surface area contributed by atoms with Crippen LogP contribution < -0.4 is 9.47 Å². The lowest BCUT2D eigenvalue weighted by Gasteiger charge is -2.38. The van der Waals surface area contributed by atoms with Crippen molar-refractivity contribution in [3.8, 4) is 11.5 Å². The molecule has 3 rings (SSSR count). The fourth-order valence-electron chi connectivity index (χ4n) is 3.59. The number of hydrogen-bond donors (Lipinski definition) is 1. The van der Waals surface area contributed by atoms with Crippen molar-refractivity contribution in [3.63, 3.8) is 0 Å². The average molecular weight is 384 g/mol. The van der Waals surface area contributed by atoms with Gasteiger partial charge in [-0.15, -0.1) is 0 Å². The van der Waals surface area contributed by atoms with Gasteiger partial charge in [0.1, 0.15) is 24.2 Å². The first kappa shape index (κ1) is 19.4. The van der Waals surface area contributed by atoms with Crippen LogP contribution in [0.15, 0.2) is 24.3 Å². The molecule has 1 N–H and O–H groups in total. The SMILES string of the molecule is COc1ccc(OC[C@H](O)CN2CCN([C@H]3CCS(=O)(=O)C3)CC2)cc1. The molecule has 0 radical (unpaired) electrons. The highest BCUT2D eigenvalue weighted by Crippen LogP contribution is 2.20. The molecule has 1 aromatic carbocycles. The minimum absolute atomic E-state index is 0.172. The first-order valence-corrected chi connectivity index (χ1v) is 10.9. The Kier molecular flexibility index (Phi) is 6.39. The molecule has 0 aliphatic carbocycles. The monoisotopic (exact) mass is 384 g/mol. The van der Waals surface area contributed by atoms with Gasteiger partial charge in [-0.1, -0.05) is 0 Å². The highest BCUT2D eigenvalue weighted by atomic mass is 32.2. The zero-order valence-electron chi connectivity index (χ0n) is 15.2. The van der Waals surface area contributed by atoms with Gasteiger partial charge in [-0.05, 0) is 30.7 Å². The molecule has 0 bridgehead atoms. The molecule has 2 heterocycles. The van der Waals surface area contributed by atoms with Gasteiger partial charge in [-0.2, -0.15) is 0 Å². The molecule has 7 nitrogen and oxygen atoms in total. The first-order chi connectivity index (χ1) is 12.4. The number of sulfone groups is 1. The third-order valence-corrected chi connectivity index (χ3v) is 6.85. The third-order valence-electron chi connectivity index (χ3n) is 5.10. The standard InChI is InChI=1S/C18H28N2O5S/c1-24-17-2-4-18(5-3-17)25-13-16(21)12-19-7-9-20(10-8-19)15-6-11-26(22,23)14-15/h2-5,15-16,21H,6-14H2,1H3/t15-,16+/m0/s1. The molecule has 0 spiro atoms. The molecule has 26 heavy (non-hydrogen) atoms. The van der Waals surface area contributed by atoms with Crippen LogP contribution in [0.25, 0.3) is 0 Å². The Hall–Kier alpha value is -1.35. The molecule has 2 saturated heterocycles. The third kappa shape index (κ3) is 5.33. The lowest BCUT2D eigenvalue weighted by Crippen LogP contribution is -2.52. The van der Waals surface area contributed by atoms with E-state index in [0.717, 1.165) is 38.3 Å². The lowest BCUT2D eigenvalue weighted by molar-refractivity contribution is 0.0389. The molecule has 0 aromatic heterocycles. The number of methoxy groups -OCH3 is 1. The second kappa shape index (κ2) is 8.56. The summed E-state index contributed by atoms with van der Waals surface area (Å²) in [6.07, 6.45) is 0.191. The van der Waals surface area contributed by atoms with Crippen LogP contribution in [0.5, 0.6) is 11.5 Å². The number of aliphatic hydroxyl groups is 1. The summed E-state index contributed by atoms with van der Waals surface area (Å²) in [4.78, 5) is 4.49. The minimum atomic E-state index is -2.84. The molecule has 2 atom stereocenters. The summed E-state index contributed by atoms with van der Waals surface area (Å²) in [7, 11) is -1.22. The molecule has 0 amide bonds. The van der Waals surface area contributed by atoms with Crippen molar-refractivity contribution in [2.24, 2.45) is 0 Å². The molecule has 0 unspecified atom stereocenters. The summed E-state index contributed by atoms with van der Waals surface area (Å²) >= 11 is 0. The van der Waals surface area contributed by atoms with Gasteiger partial charge in [0.15, 0.2) is 9.84 Å². The van der Waals surface area contributed by atoms with Crippen molar-refractivity contribution >= 4 is 9.84 Å². The Morgan fingerprint density at radius 1 is 1.15 bits per heavy atom. The topological polar surface area (TPSA) is 79.3 Å². The Morgan fingerprint density at radius 2 is 1.81 bits per heavy atom. The van der Waals surface area contributed by atoms with E-state index in [1.807, 2.05) is 24.3 Å². The van der Waals surface area contributed by atoms with E-state index in [2.05, 4.69) is 9.80 Å².